The van der Waals surface area contributed by atoms with Crippen molar-refractivity contribution in [2.75, 3.05) is 5.32 Å². The third-order valence-corrected chi connectivity index (χ3v) is 5.99. The molecule has 0 atom stereocenters. The second-order valence-electron chi connectivity index (χ2n) is 6.62. The Morgan fingerprint density at radius 3 is 2.68 bits per heavy atom. The van der Waals surface area contributed by atoms with Crippen LogP contribution in [0.1, 0.15) is 16.1 Å². The van der Waals surface area contributed by atoms with Crippen molar-refractivity contribution >= 4 is 39.4 Å². The maximum absolute atomic E-state index is 13.3. The van der Waals surface area contributed by atoms with Gasteiger partial charge in [0.15, 0.2) is 4.96 Å². The molecule has 0 saturated heterocycles. The van der Waals surface area contributed by atoms with Crippen molar-refractivity contribution in [1.82, 2.24) is 14.4 Å². The smallest absolute Gasteiger partial charge is 0.256 e. The number of rotatable bonds is 6. The number of benzene rings is 2. The molecule has 2 aromatic carbocycles. The van der Waals surface area contributed by atoms with E-state index in [-0.39, 0.29) is 11.7 Å². The van der Waals surface area contributed by atoms with Crippen LogP contribution in [0.3, 0.4) is 0 Å². The number of fused-ring (bicyclic) bond motifs is 1. The largest absolute Gasteiger partial charge is 0.487 e. The fraction of sp³-hybridized carbons (Fsp3) is 0.0455. The highest BCUT2D eigenvalue weighted by Crippen LogP contribution is 2.31. The molecule has 0 bridgehead atoms. The van der Waals surface area contributed by atoms with Crippen LogP contribution >= 0.6 is 22.7 Å². The molecule has 0 fully saturated rings. The molecule has 5 aromatic rings. The number of imidazole rings is 1. The average Bonchev–Trinajstić information content (AvgIpc) is 3.52. The molecule has 1 N–H and O–H groups in total. The van der Waals surface area contributed by atoms with Crippen LogP contribution in [0, 0.1) is 5.82 Å². The predicted molar refractivity (Wildman–Crippen MR) is 119 cm³/mol. The second-order valence-corrected chi connectivity index (χ2v) is 8.21. The number of hydrogen-bond donors (Lipinski definition) is 1. The maximum Gasteiger partial charge on any atom is 0.256 e. The number of aromatic nitrogens is 3. The van der Waals surface area contributed by atoms with E-state index in [1.54, 1.807) is 41.9 Å². The van der Waals surface area contributed by atoms with E-state index in [0.717, 1.165) is 16.2 Å². The number of halogens is 1. The van der Waals surface area contributed by atoms with Crippen LogP contribution < -0.4 is 10.1 Å². The van der Waals surface area contributed by atoms with Gasteiger partial charge in [0.05, 0.1) is 11.2 Å². The molecule has 0 radical (unpaired) electrons. The highest BCUT2D eigenvalue weighted by atomic mass is 32.1. The lowest BCUT2D eigenvalue weighted by molar-refractivity contribution is 0.102. The minimum atomic E-state index is -0.326. The Labute approximate surface area is 184 Å². The number of ether oxygens (including phenoxy) is 1. The molecule has 0 aliphatic heterocycles. The van der Waals surface area contributed by atoms with Crippen LogP contribution in [-0.4, -0.2) is 20.3 Å². The summed E-state index contributed by atoms with van der Waals surface area (Å²) in [5.41, 5.74) is 4.41. The molecular weight excluding hydrogens is 435 g/mol. The molecule has 0 unspecified atom stereocenters. The zero-order valence-corrected chi connectivity index (χ0v) is 17.6. The van der Waals surface area contributed by atoms with Gasteiger partial charge in [-0.25, -0.2) is 14.4 Å². The van der Waals surface area contributed by atoms with Gasteiger partial charge in [0.2, 0.25) is 0 Å². The van der Waals surface area contributed by atoms with Crippen molar-refractivity contribution < 1.29 is 13.9 Å². The lowest BCUT2D eigenvalue weighted by atomic mass is 10.1. The van der Waals surface area contributed by atoms with E-state index in [9.17, 15) is 9.18 Å². The van der Waals surface area contributed by atoms with Gasteiger partial charge in [-0.05, 0) is 48.5 Å². The van der Waals surface area contributed by atoms with Crippen LogP contribution in [0.5, 0.6) is 5.75 Å². The van der Waals surface area contributed by atoms with Crippen molar-refractivity contribution in [3.8, 4) is 17.0 Å². The molecule has 0 aliphatic rings. The maximum atomic E-state index is 13.3. The first-order chi connectivity index (χ1) is 15.2. The Hall–Kier alpha value is -3.56. The van der Waals surface area contributed by atoms with Gasteiger partial charge in [-0.3, -0.25) is 9.20 Å². The third-order valence-electron chi connectivity index (χ3n) is 4.60. The number of carbonyl (C=O) groups is 1. The van der Waals surface area contributed by atoms with Gasteiger partial charge in [0.1, 0.15) is 29.7 Å². The lowest BCUT2D eigenvalue weighted by Crippen LogP contribution is -2.13. The Balaban J connectivity index is 1.37. The van der Waals surface area contributed by atoms with Crippen LogP contribution in [0.4, 0.5) is 10.2 Å². The van der Waals surface area contributed by atoms with Gasteiger partial charge in [-0.15, -0.1) is 22.7 Å². The number of thiazole rings is 2. The van der Waals surface area contributed by atoms with Gasteiger partial charge in [-0.2, -0.15) is 0 Å². The molecular formula is C22H15FN4O2S2. The van der Waals surface area contributed by atoms with E-state index in [1.807, 2.05) is 21.4 Å². The molecule has 0 aliphatic carbocycles. The minimum absolute atomic E-state index is 0.276. The van der Waals surface area contributed by atoms with E-state index in [0.29, 0.717) is 29.4 Å². The van der Waals surface area contributed by atoms with E-state index in [2.05, 4.69) is 15.3 Å². The van der Waals surface area contributed by atoms with Gasteiger partial charge in [0, 0.05) is 28.1 Å². The first-order valence-electron chi connectivity index (χ1n) is 9.30. The molecule has 9 heteroatoms. The van der Waals surface area contributed by atoms with Gasteiger partial charge in [0.25, 0.3) is 5.91 Å². The monoisotopic (exact) mass is 450 g/mol. The van der Waals surface area contributed by atoms with E-state index in [1.165, 1.54) is 34.8 Å². The van der Waals surface area contributed by atoms with Crippen molar-refractivity contribution in [2.45, 2.75) is 6.61 Å². The first kappa shape index (κ1) is 19.4. The number of hydrogen-bond acceptors (Lipinski definition) is 6. The number of nitrogens with one attached hydrogen (secondary N) is 1. The van der Waals surface area contributed by atoms with Crippen LogP contribution in [0.25, 0.3) is 16.2 Å². The Morgan fingerprint density at radius 1 is 1.13 bits per heavy atom. The predicted octanol–water partition coefficient (Wildman–Crippen LogP) is 5.49. The minimum Gasteiger partial charge on any atom is -0.487 e. The molecule has 3 heterocycles. The number of nitrogens with zero attached hydrogens (tertiary/aromatic N) is 3. The summed E-state index contributed by atoms with van der Waals surface area (Å²) < 4.78 is 20.8. The van der Waals surface area contributed by atoms with Gasteiger partial charge >= 0.3 is 0 Å². The summed E-state index contributed by atoms with van der Waals surface area (Å²) in [5, 5.41) is 6.77. The van der Waals surface area contributed by atoms with Crippen molar-refractivity contribution in [1.29, 1.82) is 0 Å². The fourth-order valence-electron chi connectivity index (χ4n) is 3.06. The summed E-state index contributed by atoms with van der Waals surface area (Å²) in [5.74, 6) is 0.590. The van der Waals surface area contributed by atoms with Crippen LogP contribution in [0.2, 0.25) is 0 Å². The van der Waals surface area contributed by atoms with Crippen LogP contribution in [-0.2, 0) is 6.61 Å². The van der Waals surface area contributed by atoms with Gasteiger partial charge in [-0.1, -0.05) is 0 Å². The summed E-state index contributed by atoms with van der Waals surface area (Å²) >= 11 is 2.97. The van der Waals surface area contributed by atoms with Crippen molar-refractivity contribution in [3.05, 3.63) is 88.1 Å². The summed E-state index contributed by atoms with van der Waals surface area (Å²) in [6.07, 6.45) is 1.84. The molecule has 3 aromatic heterocycles. The van der Waals surface area contributed by atoms with E-state index < -0.39 is 0 Å². The summed E-state index contributed by atoms with van der Waals surface area (Å²) in [6.45, 7) is 0.377. The number of anilines is 1. The first-order valence-corrected chi connectivity index (χ1v) is 11.1. The summed E-state index contributed by atoms with van der Waals surface area (Å²) in [6, 6.07) is 12.9. The molecule has 5 rings (SSSR count). The highest BCUT2D eigenvalue weighted by Gasteiger charge is 2.18. The summed E-state index contributed by atoms with van der Waals surface area (Å²) in [7, 11) is 0. The molecule has 0 spiro atoms. The topological polar surface area (TPSA) is 68.5 Å². The normalized spacial score (nSPS) is 11.0. The molecule has 154 valence electrons. The standard InChI is InChI=1S/C22H15FN4O2S2/c23-16-5-1-14(2-6-16)19-20(27-9-10-31-22(27)25-19)26-21(28)15-3-7-18(8-4-15)29-11-17-12-30-13-24-17/h1-10,12-13H,11H2,(H,26,28). The van der Waals surface area contributed by atoms with Crippen molar-refractivity contribution in [2.24, 2.45) is 0 Å². The van der Waals surface area contributed by atoms with Crippen LogP contribution in [0.15, 0.2) is 71.0 Å². The Kier molecular flexibility index (Phi) is 5.19. The zero-order valence-electron chi connectivity index (χ0n) is 16.0. The van der Waals surface area contributed by atoms with Crippen molar-refractivity contribution in [3.63, 3.8) is 0 Å². The molecule has 1 amide bonds. The van der Waals surface area contributed by atoms with E-state index in [4.69, 9.17) is 4.74 Å². The Bertz CT molecular complexity index is 1330. The zero-order chi connectivity index (χ0) is 21.2. The second kappa shape index (κ2) is 8.29. The summed E-state index contributed by atoms with van der Waals surface area (Å²) in [4.78, 5) is 22.4. The quantitative estimate of drug-likeness (QED) is 0.371. The highest BCUT2D eigenvalue weighted by molar-refractivity contribution is 7.15. The lowest BCUT2D eigenvalue weighted by Gasteiger charge is -2.09. The number of amides is 1. The molecule has 6 nitrogen and oxygen atoms in total. The van der Waals surface area contributed by atoms with E-state index >= 15 is 0 Å². The molecule has 0 saturated carbocycles. The SMILES string of the molecule is O=C(Nc1c(-c2ccc(F)cc2)nc2sccn12)c1ccc(OCc2cscn2)cc1. The fourth-order valence-corrected chi connectivity index (χ4v) is 4.32. The third kappa shape index (κ3) is 4.05. The van der Waals surface area contributed by atoms with Gasteiger partial charge < -0.3 is 10.1 Å². The number of carbonyl (C=O) groups excluding carboxylic acids is 1. The molecule has 31 heavy (non-hydrogen) atoms. The average molecular weight is 451 g/mol. The Morgan fingerprint density at radius 2 is 1.94 bits per heavy atom.